The molecule has 0 saturated heterocycles. The van der Waals surface area contributed by atoms with E-state index >= 15 is 0 Å². The minimum Gasteiger partial charge on any atom is -0.473 e. The summed E-state index contributed by atoms with van der Waals surface area (Å²) in [5.41, 5.74) is 3.47. The first-order valence-corrected chi connectivity index (χ1v) is 7.13. The average molecular weight is 270 g/mol. The van der Waals surface area contributed by atoms with Crippen LogP contribution in [-0.4, -0.2) is 12.0 Å². The predicted molar refractivity (Wildman–Crippen MR) is 81.8 cm³/mol. The van der Waals surface area contributed by atoms with Crippen LogP contribution in [0.1, 0.15) is 30.2 Å². The van der Waals surface area contributed by atoms with Crippen LogP contribution in [0.5, 0.6) is 5.88 Å². The maximum absolute atomic E-state index is 5.83. The number of hydrogen-bond donors (Lipinski definition) is 1. The van der Waals surface area contributed by atoms with E-state index in [9.17, 15) is 0 Å². The quantitative estimate of drug-likeness (QED) is 0.838. The van der Waals surface area contributed by atoms with Gasteiger partial charge in [0.25, 0.3) is 0 Å². The van der Waals surface area contributed by atoms with Gasteiger partial charge in [0.1, 0.15) is 6.61 Å². The fraction of sp³-hybridized carbons (Fsp3) is 0.353. The molecule has 3 nitrogen and oxygen atoms in total. The molecule has 0 radical (unpaired) electrons. The van der Waals surface area contributed by atoms with Gasteiger partial charge in [0, 0.05) is 18.3 Å². The van der Waals surface area contributed by atoms with Gasteiger partial charge >= 0.3 is 0 Å². The third-order valence-electron chi connectivity index (χ3n) is 3.03. The maximum atomic E-state index is 5.83. The Bertz CT molecular complexity index is 502. The largest absolute Gasteiger partial charge is 0.473 e. The number of hydrogen-bond acceptors (Lipinski definition) is 3. The molecule has 0 bridgehead atoms. The van der Waals surface area contributed by atoms with Gasteiger partial charge in [-0.25, -0.2) is 4.98 Å². The first-order chi connectivity index (χ1) is 9.81. The van der Waals surface area contributed by atoms with Crippen LogP contribution >= 0.6 is 0 Å². The highest BCUT2D eigenvalue weighted by Gasteiger charge is 2.04. The lowest BCUT2D eigenvalue weighted by Crippen LogP contribution is -2.07. The molecule has 3 heteroatoms. The number of nitrogens with one attached hydrogen (secondary N) is 1. The molecule has 0 fully saturated rings. The van der Waals surface area contributed by atoms with Crippen LogP contribution in [0, 0.1) is 0 Å². The molecule has 106 valence electrons. The average Bonchev–Trinajstić information content (AvgIpc) is 2.47. The van der Waals surface area contributed by atoms with Gasteiger partial charge in [0.15, 0.2) is 0 Å². The zero-order chi connectivity index (χ0) is 14.2. The Kier molecular flexibility index (Phi) is 5.56. The molecule has 0 saturated carbocycles. The van der Waals surface area contributed by atoms with Crippen molar-refractivity contribution in [2.45, 2.75) is 32.9 Å². The molecule has 0 amide bonds. The summed E-state index contributed by atoms with van der Waals surface area (Å²) in [4.78, 5) is 4.57. The van der Waals surface area contributed by atoms with Crippen molar-refractivity contribution < 1.29 is 4.74 Å². The standard InChI is InChI=1S/C17H22N2O/c1-3-7-16-10-15(12-18-2)11-17(19-16)20-13-14-8-5-4-6-9-14/h4-6,8-11,18H,3,7,12-13H2,1-2H3. The first-order valence-electron chi connectivity index (χ1n) is 7.13. The van der Waals surface area contributed by atoms with Gasteiger partial charge in [0.2, 0.25) is 5.88 Å². The van der Waals surface area contributed by atoms with Crippen LogP contribution in [0.25, 0.3) is 0 Å². The van der Waals surface area contributed by atoms with Crippen molar-refractivity contribution in [2.24, 2.45) is 0 Å². The van der Waals surface area contributed by atoms with Gasteiger partial charge in [-0.2, -0.15) is 0 Å². The zero-order valence-corrected chi connectivity index (χ0v) is 12.2. The van der Waals surface area contributed by atoms with E-state index in [2.05, 4.69) is 35.4 Å². The molecular formula is C17H22N2O. The number of ether oxygens (including phenoxy) is 1. The Labute approximate surface area is 121 Å². The van der Waals surface area contributed by atoms with Crippen LogP contribution < -0.4 is 10.1 Å². The first kappa shape index (κ1) is 14.5. The fourth-order valence-electron chi connectivity index (χ4n) is 2.12. The highest BCUT2D eigenvalue weighted by Crippen LogP contribution is 2.15. The Balaban J connectivity index is 2.09. The molecule has 0 atom stereocenters. The molecule has 0 aliphatic rings. The van der Waals surface area contributed by atoms with E-state index in [0.717, 1.165) is 30.6 Å². The number of aryl methyl sites for hydroxylation is 1. The molecule has 0 aliphatic heterocycles. The topological polar surface area (TPSA) is 34.1 Å². The number of rotatable bonds is 7. The number of pyridine rings is 1. The summed E-state index contributed by atoms with van der Waals surface area (Å²) >= 11 is 0. The second kappa shape index (κ2) is 7.65. The normalized spacial score (nSPS) is 10.5. The van der Waals surface area contributed by atoms with Gasteiger partial charge in [-0.05, 0) is 30.7 Å². The lowest BCUT2D eigenvalue weighted by Gasteiger charge is -2.10. The minimum absolute atomic E-state index is 0.558. The Morgan fingerprint density at radius 3 is 2.60 bits per heavy atom. The van der Waals surface area contributed by atoms with Crippen LogP contribution in [0.15, 0.2) is 42.5 Å². The lowest BCUT2D eigenvalue weighted by atomic mass is 10.1. The van der Waals surface area contributed by atoms with E-state index in [1.54, 1.807) is 0 Å². The highest BCUT2D eigenvalue weighted by molar-refractivity contribution is 5.26. The van der Waals surface area contributed by atoms with Gasteiger partial charge in [-0.3, -0.25) is 0 Å². The molecule has 0 aliphatic carbocycles. The Hall–Kier alpha value is -1.87. The third kappa shape index (κ3) is 4.35. The molecular weight excluding hydrogens is 248 g/mol. The summed E-state index contributed by atoms with van der Waals surface area (Å²) in [6.45, 7) is 3.56. The summed E-state index contributed by atoms with van der Waals surface area (Å²) in [5.74, 6) is 0.713. The predicted octanol–water partition coefficient (Wildman–Crippen LogP) is 3.33. The monoisotopic (exact) mass is 270 g/mol. The van der Waals surface area contributed by atoms with E-state index in [4.69, 9.17) is 4.74 Å². The maximum Gasteiger partial charge on any atom is 0.214 e. The second-order valence-corrected chi connectivity index (χ2v) is 4.86. The van der Waals surface area contributed by atoms with E-state index in [1.807, 2.05) is 31.3 Å². The molecule has 1 aromatic carbocycles. The molecule has 1 heterocycles. The van der Waals surface area contributed by atoms with Crippen molar-refractivity contribution in [3.8, 4) is 5.88 Å². The van der Waals surface area contributed by atoms with Crippen molar-refractivity contribution >= 4 is 0 Å². The highest BCUT2D eigenvalue weighted by atomic mass is 16.5. The summed E-state index contributed by atoms with van der Waals surface area (Å²) < 4.78 is 5.83. The minimum atomic E-state index is 0.558. The fourth-order valence-corrected chi connectivity index (χ4v) is 2.12. The summed E-state index contributed by atoms with van der Waals surface area (Å²) in [5, 5.41) is 3.17. The van der Waals surface area contributed by atoms with Crippen LogP contribution in [-0.2, 0) is 19.6 Å². The van der Waals surface area contributed by atoms with E-state index in [1.165, 1.54) is 5.56 Å². The Morgan fingerprint density at radius 2 is 1.90 bits per heavy atom. The molecule has 0 unspecified atom stereocenters. The molecule has 1 N–H and O–H groups in total. The molecule has 2 aromatic rings. The van der Waals surface area contributed by atoms with Crippen LogP contribution in [0.3, 0.4) is 0 Å². The SMILES string of the molecule is CCCc1cc(CNC)cc(OCc2ccccc2)n1. The second-order valence-electron chi connectivity index (χ2n) is 4.86. The van der Waals surface area contributed by atoms with Crippen molar-refractivity contribution in [3.05, 3.63) is 59.3 Å². The smallest absolute Gasteiger partial charge is 0.214 e. The van der Waals surface area contributed by atoms with Crippen molar-refractivity contribution in [3.63, 3.8) is 0 Å². The van der Waals surface area contributed by atoms with Crippen LogP contribution in [0.4, 0.5) is 0 Å². The number of benzene rings is 1. The number of aromatic nitrogens is 1. The number of nitrogens with zero attached hydrogens (tertiary/aromatic N) is 1. The molecule has 0 spiro atoms. The third-order valence-corrected chi connectivity index (χ3v) is 3.03. The lowest BCUT2D eigenvalue weighted by molar-refractivity contribution is 0.292. The van der Waals surface area contributed by atoms with E-state index in [0.29, 0.717) is 12.5 Å². The molecule has 1 aromatic heterocycles. The Morgan fingerprint density at radius 1 is 1.10 bits per heavy atom. The summed E-state index contributed by atoms with van der Waals surface area (Å²) in [6, 6.07) is 14.3. The van der Waals surface area contributed by atoms with Gasteiger partial charge in [0.05, 0.1) is 0 Å². The van der Waals surface area contributed by atoms with E-state index in [-0.39, 0.29) is 0 Å². The van der Waals surface area contributed by atoms with Gasteiger partial charge in [-0.15, -0.1) is 0 Å². The summed E-state index contributed by atoms with van der Waals surface area (Å²) in [7, 11) is 1.95. The van der Waals surface area contributed by atoms with Crippen LogP contribution in [0.2, 0.25) is 0 Å². The van der Waals surface area contributed by atoms with Crippen molar-refractivity contribution in [2.75, 3.05) is 7.05 Å². The van der Waals surface area contributed by atoms with Crippen molar-refractivity contribution in [1.82, 2.24) is 10.3 Å². The molecule has 2 rings (SSSR count). The van der Waals surface area contributed by atoms with Gasteiger partial charge in [-0.1, -0.05) is 43.7 Å². The molecule has 20 heavy (non-hydrogen) atoms. The zero-order valence-electron chi connectivity index (χ0n) is 12.2. The van der Waals surface area contributed by atoms with Crippen molar-refractivity contribution in [1.29, 1.82) is 0 Å². The summed E-state index contributed by atoms with van der Waals surface area (Å²) in [6.07, 6.45) is 2.08. The van der Waals surface area contributed by atoms with Gasteiger partial charge < -0.3 is 10.1 Å². The van der Waals surface area contributed by atoms with E-state index < -0.39 is 0 Å².